The van der Waals surface area contributed by atoms with Gasteiger partial charge in [0.05, 0.1) is 17.1 Å². The lowest BCUT2D eigenvalue weighted by molar-refractivity contribution is -0.120. The normalized spacial score (nSPS) is 15.2. The maximum Gasteiger partial charge on any atom is 0.225 e. The van der Waals surface area contributed by atoms with Crippen molar-refractivity contribution >= 4 is 17.2 Å². The van der Waals surface area contributed by atoms with Crippen LogP contribution in [0.3, 0.4) is 0 Å². The molecule has 1 amide bonds. The average molecular weight is 372 g/mol. The molecule has 0 saturated carbocycles. The number of aromatic nitrogens is 1. The van der Waals surface area contributed by atoms with Crippen LogP contribution in [0.4, 0.5) is 0 Å². The summed E-state index contributed by atoms with van der Waals surface area (Å²) in [6.07, 6.45) is 5.44. The highest BCUT2D eigenvalue weighted by Gasteiger charge is 2.15. The Bertz CT molecular complexity index is 717. The van der Waals surface area contributed by atoms with Crippen LogP contribution in [-0.2, 0) is 11.2 Å². The maximum absolute atomic E-state index is 12.4. The molecule has 1 aromatic heterocycles. The first-order valence-electron chi connectivity index (χ1n) is 9.64. The van der Waals surface area contributed by atoms with E-state index in [1.807, 2.05) is 6.92 Å². The number of carbonyl (C=O) groups is 1. The van der Waals surface area contributed by atoms with Crippen molar-refractivity contribution in [3.8, 4) is 11.3 Å². The van der Waals surface area contributed by atoms with Gasteiger partial charge in [-0.3, -0.25) is 4.79 Å². The van der Waals surface area contributed by atoms with Gasteiger partial charge in [-0.2, -0.15) is 0 Å². The summed E-state index contributed by atoms with van der Waals surface area (Å²) in [5.74, 6) is 0.0978. The summed E-state index contributed by atoms with van der Waals surface area (Å²) in [5, 5.41) is 4.09. The molecule has 5 heteroatoms. The summed E-state index contributed by atoms with van der Waals surface area (Å²) >= 11 is 1.62. The van der Waals surface area contributed by atoms with Gasteiger partial charge in [0.25, 0.3) is 0 Å². The van der Waals surface area contributed by atoms with Crippen molar-refractivity contribution in [3.05, 3.63) is 39.7 Å². The van der Waals surface area contributed by atoms with Gasteiger partial charge in [-0.15, -0.1) is 11.3 Å². The predicted octanol–water partition coefficient (Wildman–Crippen LogP) is 3.96. The van der Waals surface area contributed by atoms with E-state index >= 15 is 0 Å². The topological polar surface area (TPSA) is 45.2 Å². The molecule has 1 saturated heterocycles. The Kier molecular flexibility index (Phi) is 6.80. The van der Waals surface area contributed by atoms with E-state index in [9.17, 15) is 4.79 Å². The Hall–Kier alpha value is -1.72. The molecule has 0 unspecified atom stereocenters. The fraction of sp³-hybridized carbons (Fsp3) is 0.524. The fourth-order valence-electron chi connectivity index (χ4n) is 3.45. The number of rotatable bonds is 7. The number of carbonyl (C=O) groups excluding carboxylic acids is 1. The fourth-order valence-corrected chi connectivity index (χ4v) is 4.40. The summed E-state index contributed by atoms with van der Waals surface area (Å²) in [7, 11) is 0. The third-order valence-corrected chi connectivity index (χ3v) is 5.84. The summed E-state index contributed by atoms with van der Waals surface area (Å²) < 4.78 is 0. The molecule has 1 aromatic carbocycles. The number of hydrogen-bond donors (Lipinski definition) is 1. The molecule has 1 N–H and O–H groups in total. The monoisotopic (exact) mass is 371 g/mol. The molecule has 1 aliphatic rings. The van der Waals surface area contributed by atoms with E-state index < -0.39 is 0 Å². The van der Waals surface area contributed by atoms with Gasteiger partial charge in [-0.05, 0) is 52.7 Å². The molecule has 2 heterocycles. The Morgan fingerprint density at radius 2 is 1.88 bits per heavy atom. The van der Waals surface area contributed by atoms with Crippen LogP contribution in [0.2, 0.25) is 0 Å². The lowest BCUT2D eigenvalue weighted by atomic mass is 10.1. The second-order valence-electron chi connectivity index (χ2n) is 7.15. The maximum atomic E-state index is 12.4. The van der Waals surface area contributed by atoms with Gasteiger partial charge in [-0.25, -0.2) is 4.98 Å². The van der Waals surface area contributed by atoms with E-state index in [4.69, 9.17) is 0 Å². The van der Waals surface area contributed by atoms with Crippen LogP contribution in [0.25, 0.3) is 11.3 Å². The quantitative estimate of drug-likeness (QED) is 0.749. The number of hydrogen-bond acceptors (Lipinski definition) is 4. The largest absolute Gasteiger partial charge is 0.356 e. The Morgan fingerprint density at radius 3 is 2.62 bits per heavy atom. The zero-order valence-electron chi connectivity index (χ0n) is 15.9. The van der Waals surface area contributed by atoms with Crippen molar-refractivity contribution in [2.75, 3.05) is 26.2 Å². The first kappa shape index (κ1) is 19.1. The van der Waals surface area contributed by atoms with Crippen molar-refractivity contribution < 1.29 is 4.79 Å². The van der Waals surface area contributed by atoms with Crippen LogP contribution in [0.1, 0.15) is 41.1 Å². The zero-order valence-corrected chi connectivity index (χ0v) is 16.7. The van der Waals surface area contributed by atoms with E-state index in [0.717, 1.165) is 40.7 Å². The van der Waals surface area contributed by atoms with Gasteiger partial charge in [0, 0.05) is 17.0 Å². The van der Waals surface area contributed by atoms with E-state index in [2.05, 4.69) is 46.4 Å². The summed E-state index contributed by atoms with van der Waals surface area (Å²) in [4.78, 5) is 20.6. The third-order valence-electron chi connectivity index (χ3n) is 4.87. The number of nitrogens with zero attached hydrogens (tertiary/aromatic N) is 2. The highest BCUT2D eigenvalue weighted by atomic mass is 32.1. The Labute approximate surface area is 160 Å². The van der Waals surface area contributed by atoms with Crippen molar-refractivity contribution in [2.45, 2.75) is 46.0 Å². The summed E-state index contributed by atoms with van der Waals surface area (Å²) in [6, 6.07) is 8.36. The lowest BCUT2D eigenvalue weighted by Crippen LogP contribution is -2.33. The van der Waals surface area contributed by atoms with Crippen LogP contribution < -0.4 is 5.32 Å². The van der Waals surface area contributed by atoms with Crippen LogP contribution in [0.15, 0.2) is 24.3 Å². The average Bonchev–Trinajstić information content (AvgIpc) is 3.00. The SMILES string of the molecule is Cc1ccc(-c2nc(C)sc2CC(=O)NCCCN2CCCCC2)cc1. The third kappa shape index (κ3) is 5.39. The van der Waals surface area contributed by atoms with E-state index in [1.54, 1.807) is 11.3 Å². The number of nitrogens with one attached hydrogen (secondary N) is 1. The van der Waals surface area contributed by atoms with E-state index in [0.29, 0.717) is 6.42 Å². The molecule has 4 nitrogen and oxygen atoms in total. The van der Waals surface area contributed by atoms with E-state index in [-0.39, 0.29) is 5.91 Å². The minimum absolute atomic E-state index is 0.0978. The van der Waals surface area contributed by atoms with Crippen LogP contribution in [0.5, 0.6) is 0 Å². The zero-order chi connectivity index (χ0) is 18.4. The standard InChI is InChI=1S/C21H29N3OS/c1-16-7-9-18(10-8-16)21-19(26-17(2)23-21)15-20(25)22-11-6-14-24-12-4-3-5-13-24/h7-10H,3-6,11-15H2,1-2H3,(H,22,25). The molecular formula is C21H29N3OS. The molecule has 0 bridgehead atoms. The lowest BCUT2D eigenvalue weighted by Gasteiger charge is -2.26. The second kappa shape index (κ2) is 9.28. The van der Waals surface area contributed by atoms with Gasteiger partial charge >= 0.3 is 0 Å². The minimum atomic E-state index is 0.0978. The minimum Gasteiger partial charge on any atom is -0.356 e. The van der Waals surface area contributed by atoms with Gasteiger partial charge < -0.3 is 10.2 Å². The number of thiazole rings is 1. The molecule has 0 aliphatic carbocycles. The predicted molar refractivity (Wildman–Crippen MR) is 109 cm³/mol. The molecule has 3 rings (SSSR count). The van der Waals surface area contributed by atoms with Crippen LogP contribution in [-0.4, -0.2) is 42.0 Å². The number of benzene rings is 1. The molecule has 1 fully saturated rings. The molecule has 26 heavy (non-hydrogen) atoms. The van der Waals surface area contributed by atoms with Crippen molar-refractivity contribution in [1.82, 2.24) is 15.2 Å². The molecule has 0 spiro atoms. The van der Waals surface area contributed by atoms with Gasteiger partial charge in [-0.1, -0.05) is 36.2 Å². The summed E-state index contributed by atoms with van der Waals surface area (Å²) in [6.45, 7) is 8.36. The van der Waals surface area contributed by atoms with Gasteiger partial charge in [0.2, 0.25) is 5.91 Å². The van der Waals surface area contributed by atoms with E-state index in [1.165, 1.54) is 37.9 Å². The van der Waals surface area contributed by atoms with Crippen LogP contribution in [0, 0.1) is 13.8 Å². The van der Waals surface area contributed by atoms with Crippen LogP contribution >= 0.6 is 11.3 Å². The second-order valence-corrected chi connectivity index (χ2v) is 8.44. The Morgan fingerprint density at radius 1 is 1.15 bits per heavy atom. The number of aryl methyl sites for hydroxylation is 2. The molecule has 0 atom stereocenters. The van der Waals surface area contributed by atoms with Crippen molar-refractivity contribution in [3.63, 3.8) is 0 Å². The number of likely N-dealkylation sites (tertiary alicyclic amines) is 1. The van der Waals surface area contributed by atoms with Crippen molar-refractivity contribution in [1.29, 1.82) is 0 Å². The molecule has 0 radical (unpaired) electrons. The first-order chi connectivity index (χ1) is 12.6. The highest BCUT2D eigenvalue weighted by Crippen LogP contribution is 2.28. The molecular weight excluding hydrogens is 342 g/mol. The van der Waals surface area contributed by atoms with Gasteiger partial charge in [0.15, 0.2) is 0 Å². The number of amides is 1. The number of piperidine rings is 1. The van der Waals surface area contributed by atoms with Gasteiger partial charge in [0.1, 0.15) is 0 Å². The summed E-state index contributed by atoms with van der Waals surface area (Å²) in [5.41, 5.74) is 3.28. The molecule has 1 aliphatic heterocycles. The first-order valence-corrected chi connectivity index (χ1v) is 10.5. The molecule has 140 valence electrons. The molecule has 2 aromatic rings. The van der Waals surface area contributed by atoms with Crippen molar-refractivity contribution in [2.24, 2.45) is 0 Å². The smallest absolute Gasteiger partial charge is 0.225 e. The highest BCUT2D eigenvalue weighted by molar-refractivity contribution is 7.12. The Balaban J connectivity index is 1.50.